The summed E-state index contributed by atoms with van der Waals surface area (Å²) in [6.45, 7) is 2.71. The second-order valence-corrected chi connectivity index (χ2v) is 5.04. The van der Waals surface area contributed by atoms with E-state index in [2.05, 4.69) is 5.32 Å². The van der Waals surface area contributed by atoms with Crippen LogP contribution in [0.4, 0.5) is 4.79 Å². The van der Waals surface area contributed by atoms with Gasteiger partial charge in [0.2, 0.25) is 0 Å². The van der Waals surface area contributed by atoms with Gasteiger partial charge in [-0.05, 0) is 25.2 Å². The van der Waals surface area contributed by atoms with Crippen molar-refractivity contribution < 1.29 is 19.4 Å². The summed E-state index contributed by atoms with van der Waals surface area (Å²) in [7, 11) is 0. The zero-order valence-electron chi connectivity index (χ0n) is 10.4. The number of nitrogens with zero attached hydrogens (tertiary/aromatic N) is 1. The van der Waals surface area contributed by atoms with Crippen LogP contribution in [0.5, 0.6) is 0 Å². The third kappa shape index (κ3) is 3.60. The Morgan fingerprint density at radius 2 is 2.22 bits per heavy atom. The first kappa shape index (κ1) is 13.1. The minimum absolute atomic E-state index is 0.0386. The monoisotopic (exact) mass is 256 g/mol. The van der Waals surface area contributed by atoms with Crippen LogP contribution in [0.2, 0.25) is 0 Å². The summed E-state index contributed by atoms with van der Waals surface area (Å²) in [6.07, 6.45) is 2.63. The molecule has 0 aromatic carbocycles. The zero-order chi connectivity index (χ0) is 13.0. The third-order valence-electron chi connectivity index (χ3n) is 3.60. The van der Waals surface area contributed by atoms with Crippen molar-refractivity contribution in [2.45, 2.75) is 31.7 Å². The van der Waals surface area contributed by atoms with Gasteiger partial charge in [-0.3, -0.25) is 4.79 Å². The number of carboxylic acid groups (broad SMARTS) is 1. The number of ether oxygens (including phenoxy) is 1. The number of carbonyl (C=O) groups excluding carboxylic acids is 1. The summed E-state index contributed by atoms with van der Waals surface area (Å²) in [5.41, 5.74) is 0. The van der Waals surface area contributed by atoms with Crippen molar-refractivity contribution in [1.29, 1.82) is 0 Å². The Hall–Kier alpha value is -1.30. The fourth-order valence-electron chi connectivity index (χ4n) is 2.49. The molecule has 2 N–H and O–H groups in total. The molecule has 2 aliphatic heterocycles. The molecule has 0 radical (unpaired) electrons. The van der Waals surface area contributed by atoms with E-state index in [0.29, 0.717) is 32.1 Å². The number of aliphatic carboxylic acids is 1. The number of likely N-dealkylation sites (tertiary alicyclic amines) is 1. The van der Waals surface area contributed by atoms with Crippen LogP contribution in [0.3, 0.4) is 0 Å². The predicted octanol–water partition coefficient (Wildman–Crippen LogP) is 0.672. The first-order valence-electron chi connectivity index (χ1n) is 6.50. The first-order chi connectivity index (χ1) is 8.65. The van der Waals surface area contributed by atoms with E-state index < -0.39 is 5.97 Å². The van der Waals surface area contributed by atoms with Crippen molar-refractivity contribution in [1.82, 2.24) is 10.2 Å². The Kier molecular flexibility index (Phi) is 4.41. The van der Waals surface area contributed by atoms with Gasteiger partial charge in [0.15, 0.2) is 0 Å². The second kappa shape index (κ2) is 6.04. The molecule has 0 aliphatic carbocycles. The summed E-state index contributed by atoms with van der Waals surface area (Å²) < 4.78 is 5.21. The molecular weight excluding hydrogens is 236 g/mol. The van der Waals surface area contributed by atoms with Crippen LogP contribution in [0.1, 0.15) is 25.7 Å². The standard InChI is InChI=1S/C12H20N2O4/c15-11(16)2-1-9-3-5-14(7-9)12(17)13-10-4-6-18-8-10/h9-10H,1-8H2,(H,13,17)(H,15,16). The lowest BCUT2D eigenvalue weighted by atomic mass is 10.0. The number of hydrogen-bond donors (Lipinski definition) is 2. The normalized spacial score (nSPS) is 27.4. The van der Waals surface area contributed by atoms with E-state index in [4.69, 9.17) is 9.84 Å². The number of hydrogen-bond acceptors (Lipinski definition) is 3. The fraction of sp³-hybridized carbons (Fsp3) is 0.833. The van der Waals surface area contributed by atoms with Crippen molar-refractivity contribution in [3.05, 3.63) is 0 Å². The van der Waals surface area contributed by atoms with Crippen molar-refractivity contribution in [3.8, 4) is 0 Å². The van der Waals surface area contributed by atoms with Gasteiger partial charge in [0.25, 0.3) is 0 Å². The van der Waals surface area contributed by atoms with Crippen LogP contribution < -0.4 is 5.32 Å². The molecule has 2 rings (SSSR count). The predicted molar refractivity (Wildman–Crippen MR) is 64.3 cm³/mol. The minimum atomic E-state index is -0.763. The molecule has 6 heteroatoms. The molecule has 0 bridgehead atoms. The zero-order valence-corrected chi connectivity index (χ0v) is 10.4. The van der Waals surface area contributed by atoms with Crippen LogP contribution in [0, 0.1) is 5.92 Å². The van der Waals surface area contributed by atoms with Crippen LogP contribution in [0.25, 0.3) is 0 Å². The summed E-state index contributed by atoms with van der Waals surface area (Å²) >= 11 is 0. The summed E-state index contributed by atoms with van der Waals surface area (Å²) in [4.78, 5) is 24.2. The lowest BCUT2D eigenvalue weighted by Crippen LogP contribution is -2.44. The topological polar surface area (TPSA) is 78.9 Å². The molecule has 18 heavy (non-hydrogen) atoms. The van der Waals surface area contributed by atoms with Gasteiger partial charge in [-0.2, -0.15) is 0 Å². The van der Waals surface area contributed by atoms with Gasteiger partial charge in [-0.25, -0.2) is 4.79 Å². The van der Waals surface area contributed by atoms with E-state index in [0.717, 1.165) is 19.4 Å². The highest BCUT2D eigenvalue weighted by Gasteiger charge is 2.28. The molecule has 6 nitrogen and oxygen atoms in total. The molecule has 2 atom stereocenters. The van der Waals surface area contributed by atoms with Crippen molar-refractivity contribution >= 4 is 12.0 Å². The first-order valence-corrected chi connectivity index (χ1v) is 6.50. The average Bonchev–Trinajstić information content (AvgIpc) is 2.96. The van der Waals surface area contributed by atoms with E-state index in [1.54, 1.807) is 4.90 Å². The molecule has 2 fully saturated rings. The van der Waals surface area contributed by atoms with E-state index >= 15 is 0 Å². The SMILES string of the molecule is O=C(O)CCC1CCN(C(=O)NC2CCOC2)C1. The molecule has 0 aromatic heterocycles. The highest BCUT2D eigenvalue weighted by molar-refractivity contribution is 5.75. The summed E-state index contributed by atoms with van der Waals surface area (Å²) in [5, 5.41) is 11.6. The number of rotatable bonds is 4. The number of nitrogens with one attached hydrogen (secondary N) is 1. The lowest BCUT2D eigenvalue weighted by Gasteiger charge is -2.19. The molecule has 2 heterocycles. The van der Waals surface area contributed by atoms with Gasteiger partial charge in [0.05, 0.1) is 12.6 Å². The van der Waals surface area contributed by atoms with Crippen molar-refractivity contribution in [2.24, 2.45) is 5.92 Å². The average molecular weight is 256 g/mol. The number of carbonyl (C=O) groups is 2. The highest BCUT2D eigenvalue weighted by atomic mass is 16.5. The van der Waals surface area contributed by atoms with Crippen LogP contribution in [0.15, 0.2) is 0 Å². The van der Waals surface area contributed by atoms with Gasteiger partial charge in [-0.15, -0.1) is 0 Å². The van der Waals surface area contributed by atoms with Gasteiger partial charge >= 0.3 is 12.0 Å². The van der Waals surface area contributed by atoms with E-state index in [1.807, 2.05) is 0 Å². The molecule has 0 spiro atoms. The molecule has 2 unspecified atom stereocenters. The highest BCUT2D eigenvalue weighted by Crippen LogP contribution is 2.21. The number of carboxylic acids is 1. The number of amides is 2. The van der Waals surface area contributed by atoms with Gasteiger partial charge < -0.3 is 20.1 Å². The van der Waals surface area contributed by atoms with Gasteiger partial charge in [0.1, 0.15) is 0 Å². The molecular formula is C12H20N2O4. The smallest absolute Gasteiger partial charge is 0.317 e. The fourth-order valence-corrected chi connectivity index (χ4v) is 2.49. The van der Waals surface area contributed by atoms with Crippen molar-refractivity contribution in [2.75, 3.05) is 26.3 Å². The second-order valence-electron chi connectivity index (χ2n) is 5.04. The number of urea groups is 1. The Morgan fingerprint density at radius 1 is 1.39 bits per heavy atom. The van der Waals surface area contributed by atoms with Crippen LogP contribution in [-0.4, -0.2) is 54.4 Å². The Morgan fingerprint density at radius 3 is 2.89 bits per heavy atom. The minimum Gasteiger partial charge on any atom is -0.481 e. The molecule has 2 aliphatic rings. The lowest BCUT2D eigenvalue weighted by molar-refractivity contribution is -0.137. The molecule has 0 aromatic rings. The summed E-state index contributed by atoms with van der Waals surface area (Å²) in [6, 6.07) is 0.0962. The Labute approximate surface area is 106 Å². The Bertz CT molecular complexity index is 315. The molecule has 2 amide bonds. The van der Waals surface area contributed by atoms with E-state index in [9.17, 15) is 9.59 Å². The molecule has 0 saturated carbocycles. The van der Waals surface area contributed by atoms with E-state index in [1.165, 1.54) is 0 Å². The summed E-state index contributed by atoms with van der Waals surface area (Å²) in [5.74, 6) is -0.437. The maximum absolute atomic E-state index is 11.9. The quantitative estimate of drug-likeness (QED) is 0.775. The van der Waals surface area contributed by atoms with Crippen LogP contribution >= 0.6 is 0 Å². The maximum atomic E-state index is 11.9. The molecule has 2 saturated heterocycles. The Balaban J connectivity index is 1.70. The van der Waals surface area contributed by atoms with Gasteiger partial charge in [-0.1, -0.05) is 0 Å². The van der Waals surface area contributed by atoms with Crippen LogP contribution in [-0.2, 0) is 9.53 Å². The van der Waals surface area contributed by atoms with Crippen molar-refractivity contribution in [3.63, 3.8) is 0 Å². The largest absolute Gasteiger partial charge is 0.481 e. The molecule has 102 valence electrons. The van der Waals surface area contributed by atoms with E-state index in [-0.39, 0.29) is 18.5 Å². The van der Waals surface area contributed by atoms with Gasteiger partial charge in [0, 0.05) is 26.1 Å². The third-order valence-corrected chi connectivity index (χ3v) is 3.60. The maximum Gasteiger partial charge on any atom is 0.317 e.